The monoisotopic (exact) mass is 294 g/mol. The number of nitrogens with one attached hydrogen (secondary N) is 2. The maximum absolute atomic E-state index is 5.33. The summed E-state index contributed by atoms with van der Waals surface area (Å²) in [6, 6.07) is 3.93. The molecule has 110 valence electrons. The second-order valence-electron chi connectivity index (χ2n) is 4.86. The Morgan fingerprint density at radius 2 is 2.25 bits per heavy atom. The van der Waals surface area contributed by atoms with Crippen molar-refractivity contribution in [3.05, 3.63) is 23.9 Å². The van der Waals surface area contributed by atoms with Gasteiger partial charge in [0.05, 0.1) is 13.2 Å². The van der Waals surface area contributed by atoms with Crippen LogP contribution in [0.25, 0.3) is 0 Å². The lowest BCUT2D eigenvalue weighted by molar-refractivity contribution is 0.0376. The molecular weight excluding hydrogens is 272 g/mol. The Balaban J connectivity index is 1.61. The molecule has 0 radical (unpaired) electrons. The van der Waals surface area contributed by atoms with Crippen LogP contribution in [-0.4, -0.2) is 54.4 Å². The molecule has 1 fully saturated rings. The number of thiocarbonyl (C=S) groups is 1. The van der Waals surface area contributed by atoms with Crippen molar-refractivity contribution in [1.29, 1.82) is 0 Å². The summed E-state index contributed by atoms with van der Waals surface area (Å²) in [5, 5.41) is 6.98. The lowest BCUT2D eigenvalue weighted by Gasteiger charge is -2.26. The SMILES string of the molecule is Cc1cccnc1NC(=S)NCCCN1CCOCC1. The Kier molecular flexibility index (Phi) is 6.17. The summed E-state index contributed by atoms with van der Waals surface area (Å²) in [5.41, 5.74) is 1.09. The molecule has 1 aliphatic heterocycles. The molecule has 2 N–H and O–H groups in total. The molecule has 2 rings (SSSR count). The molecular formula is C14H22N4OS. The van der Waals surface area contributed by atoms with Crippen LogP contribution < -0.4 is 10.6 Å². The summed E-state index contributed by atoms with van der Waals surface area (Å²) in [7, 11) is 0. The summed E-state index contributed by atoms with van der Waals surface area (Å²) in [6.45, 7) is 7.75. The molecule has 0 atom stereocenters. The molecule has 2 heterocycles. The Hall–Kier alpha value is -1.24. The van der Waals surface area contributed by atoms with Gasteiger partial charge in [-0.2, -0.15) is 0 Å². The number of anilines is 1. The zero-order chi connectivity index (χ0) is 14.2. The first kappa shape index (κ1) is 15.2. The Labute approximate surface area is 125 Å². The van der Waals surface area contributed by atoms with Gasteiger partial charge in [-0.1, -0.05) is 6.07 Å². The van der Waals surface area contributed by atoms with Crippen molar-refractivity contribution in [2.75, 3.05) is 44.7 Å². The van der Waals surface area contributed by atoms with Gasteiger partial charge in [-0.25, -0.2) is 4.98 Å². The normalized spacial score (nSPS) is 15.8. The predicted octanol–water partition coefficient (Wildman–Crippen LogP) is 1.40. The number of hydrogen-bond donors (Lipinski definition) is 2. The number of rotatable bonds is 5. The molecule has 0 unspecified atom stereocenters. The third kappa shape index (κ3) is 5.03. The minimum Gasteiger partial charge on any atom is -0.379 e. The van der Waals surface area contributed by atoms with Gasteiger partial charge >= 0.3 is 0 Å². The fourth-order valence-corrected chi connectivity index (χ4v) is 2.30. The molecule has 0 saturated carbocycles. The average molecular weight is 294 g/mol. The van der Waals surface area contributed by atoms with Gasteiger partial charge in [-0.05, 0) is 43.7 Å². The summed E-state index contributed by atoms with van der Waals surface area (Å²) in [6.07, 6.45) is 2.83. The van der Waals surface area contributed by atoms with Crippen molar-refractivity contribution in [2.45, 2.75) is 13.3 Å². The molecule has 0 aliphatic carbocycles. The quantitative estimate of drug-likeness (QED) is 0.632. The summed E-state index contributed by atoms with van der Waals surface area (Å²) < 4.78 is 5.33. The van der Waals surface area contributed by atoms with Gasteiger partial charge in [0, 0.05) is 25.8 Å². The van der Waals surface area contributed by atoms with Crippen molar-refractivity contribution in [2.24, 2.45) is 0 Å². The number of aryl methyl sites for hydroxylation is 1. The average Bonchev–Trinajstić information content (AvgIpc) is 2.47. The molecule has 1 aromatic heterocycles. The number of hydrogen-bond acceptors (Lipinski definition) is 4. The maximum atomic E-state index is 5.33. The number of morpholine rings is 1. The van der Waals surface area contributed by atoms with Crippen LogP contribution in [-0.2, 0) is 4.74 Å². The highest BCUT2D eigenvalue weighted by molar-refractivity contribution is 7.80. The lowest BCUT2D eigenvalue weighted by Crippen LogP contribution is -2.38. The highest BCUT2D eigenvalue weighted by Gasteiger charge is 2.09. The van der Waals surface area contributed by atoms with E-state index in [2.05, 4.69) is 20.5 Å². The van der Waals surface area contributed by atoms with E-state index in [1.54, 1.807) is 6.20 Å². The van der Waals surface area contributed by atoms with Gasteiger partial charge in [-0.3, -0.25) is 4.90 Å². The van der Waals surface area contributed by atoms with Crippen LogP contribution in [0.4, 0.5) is 5.82 Å². The fourth-order valence-electron chi connectivity index (χ4n) is 2.10. The second kappa shape index (κ2) is 8.14. The largest absolute Gasteiger partial charge is 0.379 e. The van der Waals surface area contributed by atoms with Crippen LogP contribution in [0.3, 0.4) is 0 Å². The number of nitrogens with zero attached hydrogens (tertiary/aromatic N) is 2. The van der Waals surface area contributed by atoms with Crippen molar-refractivity contribution in [3.63, 3.8) is 0 Å². The first-order valence-electron chi connectivity index (χ1n) is 7.02. The lowest BCUT2D eigenvalue weighted by atomic mass is 10.3. The van der Waals surface area contributed by atoms with E-state index in [-0.39, 0.29) is 0 Å². The molecule has 6 heteroatoms. The minimum atomic E-state index is 0.633. The van der Waals surface area contributed by atoms with E-state index in [4.69, 9.17) is 17.0 Å². The van der Waals surface area contributed by atoms with E-state index in [1.807, 2.05) is 19.1 Å². The summed E-state index contributed by atoms with van der Waals surface area (Å²) in [4.78, 5) is 6.68. The molecule has 0 amide bonds. The number of aromatic nitrogens is 1. The Bertz CT molecular complexity index is 435. The third-order valence-corrected chi connectivity index (χ3v) is 3.53. The Morgan fingerprint density at radius 1 is 1.45 bits per heavy atom. The van der Waals surface area contributed by atoms with E-state index in [1.165, 1.54) is 0 Å². The highest BCUT2D eigenvalue weighted by Crippen LogP contribution is 2.08. The van der Waals surface area contributed by atoms with Crippen LogP contribution in [0.1, 0.15) is 12.0 Å². The molecule has 1 saturated heterocycles. The second-order valence-corrected chi connectivity index (χ2v) is 5.27. The van der Waals surface area contributed by atoms with Gasteiger partial charge in [0.25, 0.3) is 0 Å². The van der Waals surface area contributed by atoms with Crippen LogP contribution in [0.15, 0.2) is 18.3 Å². The zero-order valence-corrected chi connectivity index (χ0v) is 12.7. The molecule has 0 aromatic carbocycles. The van der Waals surface area contributed by atoms with Gasteiger partial charge < -0.3 is 15.4 Å². The van der Waals surface area contributed by atoms with Crippen molar-refractivity contribution < 1.29 is 4.74 Å². The van der Waals surface area contributed by atoms with E-state index in [9.17, 15) is 0 Å². The van der Waals surface area contributed by atoms with Crippen LogP contribution in [0.5, 0.6) is 0 Å². The molecule has 5 nitrogen and oxygen atoms in total. The van der Waals surface area contributed by atoms with Crippen molar-refractivity contribution in [1.82, 2.24) is 15.2 Å². The van der Waals surface area contributed by atoms with Gasteiger partial charge in [0.2, 0.25) is 0 Å². The van der Waals surface area contributed by atoms with Crippen molar-refractivity contribution in [3.8, 4) is 0 Å². The highest BCUT2D eigenvalue weighted by atomic mass is 32.1. The summed E-state index contributed by atoms with van der Waals surface area (Å²) >= 11 is 5.27. The van der Waals surface area contributed by atoms with E-state index in [0.29, 0.717) is 5.11 Å². The number of ether oxygens (including phenoxy) is 1. The van der Waals surface area contributed by atoms with E-state index in [0.717, 1.165) is 57.2 Å². The van der Waals surface area contributed by atoms with E-state index < -0.39 is 0 Å². The Morgan fingerprint density at radius 3 is 3.00 bits per heavy atom. The first-order valence-corrected chi connectivity index (χ1v) is 7.43. The smallest absolute Gasteiger partial charge is 0.171 e. The van der Waals surface area contributed by atoms with Crippen LogP contribution >= 0.6 is 12.2 Å². The van der Waals surface area contributed by atoms with E-state index >= 15 is 0 Å². The third-order valence-electron chi connectivity index (χ3n) is 3.28. The molecule has 0 bridgehead atoms. The summed E-state index contributed by atoms with van der Waals surface area (Å²) in [5.74, 6) is 0.818. The van der Waals surface area contributed by atoms with Gasteiger partial charge in [-0.15, -0.1) is 0 Å². The molecule has 20 heavy (non-hydrogen) atoms. The fraction of sp³-hybridized carbons (Fsp3) is 0.571. The number of pyridine rings is 1. The molecule has 1 aliphatic rings. The topological polar surface area (TPSA) is 49.4 Å². The first-order chi connectivity index (χ1) is 9.75. The molecule has 0 spiro atoms. The predicted molar refractivity (Wildman–Crippen MR) is 85.1 cm³/mol. The van der Waals surface area contributed by atoms with Gasteiger partial charge in [0.1, 0.15) is 5.82 Å². The van der Waals surface area contributed by atoms with Crippen LogP contribution in [0, 0.1) is 6.92 Å². The van der Waals surface area contributed by atoms with Crippen molar-refractivity contribution >= 4 is 23.1 Å². The standard InChI is InChI=1S/C14H22N4OS/c1-12-4-2-5-15-13(12)17-14(20)16-6-3-7-18-8-10-19-11-9-18/h2,4-5H,3,6-11H2,1H3,(H2,15,16,17,20). The minimum absolute atomic E-state index is 0.633. The maximum Gasteiger partial charge on any atom is 0.171 e. The van der Waals surface area contributed by atoms with Gasteiger partial charge in [0.15, 0.2) is 5.11 Å². The molecule has 1 aromatic rings. The van der Waals surface area contributed by atoms with Crippen LogP contribution in [0.2, 0.25) is 0 Å². The zero-order valence-electron chi connectivity index (χ0n) is 11.9.